The van der Waals surface area contributed by atoms with E-state index in [-0.39, 0.29) is 24.1 Å². The van der Waals surface area contributed by atoms with E-state index in [1.807, 2.05) is 12.3 Å². The van der Waals surface area contributed by atoms with E-state index in [1.54, 1.807) is 42.1 Å². The number of rotatable bonds is 9. The first-order chi connectivity index (χ1) is 13.5. The number of hydrogen-bond acceptors (Lipinski definition) is 6. The van der Waals surface area contributed by atoms with Crippen LogP contribution in [0.25, 0.3) is 0 Å². The standard InChI is InChI=1S/C19H22N2O5S2/c1-27-10-9-16(21-28(23,24)15-5-3-2-4-6-15)19(22)20-12-14-7-8-17-18(11-14)26-13-25-17/h2-8,11,16,21H,9-10,12-13H2,1H3,(H,20,22)/t16-/m0/s1. The Morgan fingerprint density at radius 2 is 1.89 bits per heavy atom. The van der Waals surface area contributed by atoms with E-state index in [0.29, 0.717) is 23.7 Å². The van der Waals surface area contributed by atoms with Crippen molar-refractivity contribution in [2.24, 2.45) is 0 Å². The Bertz CT molecular complexity index is 919. The summed E-state index contributed by atoms with van der Waals surface area (Å²) in [7, 11) is -3.78. The van der Waals surface area contributed by atoms with E-state index in [9.17, 15) is 13.2 Å². The Morgan fingerprint density at radius 1 is 1.14 bits per heavy atom. The maximum Gasteiger partial charge on any atom is 0.241 e. The van der Waals surface area contributed by atoms with Crippen molar-refractivity contribution in [1.29, 1.82) is 0 Å². The van der Waals surface area contributed by atoms with Crippen molar-refractivity contribution < 1.29 is 22.7 Å². The summed E-state index contributed by atoms with van der Waals surface area (Å²) in [6.07, 6.45) is 2.30. The zero-order valence-electron chi connectivity index (χ0n) is 15.4. The first-order valence-corrected chi connectivity index (χ1v) is 11.6. The lowest BCUT2D eigenvalue weighted by atomic mass is 10.2. The molecule has 0 aromatic heterocycles. The van der Waals surface area contributed by atoms with Gasteiger partial charge in [-0.2, -0.15) is 16.5 Å². The second-order valence-electron chi connectivity index (χ2n) is 6.17. The SMILES string of the molecule is CSCC[C@H](NS(=O)(=O)c1ccccc1)C(=O)NCc1ccc2c(c1)OCO2. The topological polar surface area (TPSA) is 93.7 Å². The summed E-state index contributed by atoms with van der Waals surface area (Å²) >= 11 is 1.55. The molecule has 1 aliphatic rings. The van der Waals surface area contributed by atoms with Crippen LogP contribution in [0, 0.1) is 0 Å². The number of hydrogen-bond donors (Lipinski definition) is 2. The number of thioether (sulfide) groups is 1. The lowest BCUT2D eigenvalue weighted by molar-refractivity contribution is -0.122. The van der Waals surface area contributed by atoms with Crippen LogP contribution in [0.4, 0.5) is 0 Å². The fourth-order valence-electron chi connectivity index (χ4n) is 2.70. The van der Waals surface area contributed by atoms with Gasteiger partial charge >= 0.3 is 0 Å². The molecule has 1 aliphatic heterocycles. The van der Waals surface area contributed by atoms with Crippen molar-refractivity contribution >= 4 is 27.7 Å². The molecule has 2 aromatic rings. The Morgan fingerprint density at radius 3 is 2.64 bits per heavy atom. The number of sulfonamides is 1. The molecule has 0 radical (unpaired) electrons. The maximum absolute atomic E-state index is 12.7. The molecule has 1 atom stereocenters. The minimum atomic E-state index is -3.78. The van der Waals surface area contributed by atoms with Gasteiger partial charge in [-0.1, -0.05) is 24.3 Å². The first kappa shape index (κ1) is 20.5. The van der Waals surface area contributed by atoms with Crippen molar-refractivity contribution in [2.45, 2.75) is 23.9 Å². The normalized spacial score (nSPS) is 13.9. The van der Waals surface area contributed by atoms with Crippen LogP contribution in [0.15, 0.2) is 53.4 Å². The van der Waals surface area contributed by atoms with Crippen LogP contribution in [-0.4, -0.2) is 39.2 Å². The third-order valence-corrected chi connectivity index (χ3v) is 6.31. The third kappa shape index (κ3) is 5.18. The van der Waals surface area contributed by atoms with Crippen LogP contribution < -0.4 is 19.5 Å². The van der Waals surface area contributed by atoms with Crippen molar-refractivity contribution in [2.75, 3.05) is 18.8 Å². The number of carbonyl (C=O) groups is 1. The molecule has 2 N–H and O–H groups in total. The molecule has 3 rings (SSSR count). The Labute approximate surface area is 168 Å². The van der Waals surface area contributed by atoms with Gasteiger partial charge in [-0.05, 0) is 48.3 Å². The van der Waals surface area contributed by atoms with Crippen molar-refractivity contribution in [1.82, 2.24) is 10.0 Å². The van der Waals surface area contributed by atoms with Crippen molar-refractivity contribution in [3.63, 3.8) is 0 Å². The Balaban J connectivity index is 1.66. The van der Waals surface area contributed by atoms with Crippen LogP contribution in [0.3, 0.4) is 0 Å². The zero-order valence-corrected chi connectivity index (χ0v) is 17.0. The van der Waals surface area contributed by atoms with E-state index in [1.165, 1.54) is 12.1 Å². The average molecular weight is 423 g/mol. The first-order valence-electron chi connectivity index (χ1n) is 8.72. The van der Waals surface area contributed by atoms with Crippen molar-refractivity contribution in [3.05, 3.63) is 54.1 Å². The molecule has 0 saturated heterocycles. The molecule has 1 heterocycles. The number of benzene rings is 2. The predicted molar refractivity (Wildman–Crippen MR) is 108 cm³/mol. The van der Waals surface area contributed by atoms with Gasteiger partial charge in [0.15, 0.2) is 11.5 Å². The molecule has 2 aromatic carbocycles. The van der Waals surface area contributed by atoms with Crippen LogP contribution in [0.5, 0.6) is 11.5 Å². The smallest absolute Gasteiger partial charge is 0.241 e. The van der Waals surface area contributed by atoms with Crippen molar-refractivity contribution in [3.8, 4) is 11.5 Å². The van der Waals surface area contributed by atoms with Gasteiger partial charge in [0.1, 0.15) is 6.04 Å². The molecule has 9 heteroatoms. The van der Waals surface area contributed by atoms with Gasteiger partial charge in [0.25, 0.3) is 0 Å². The summed E-state index contributed by atoms with van der Waals surface area (Å²) in [5, 5.41) is 2.80. The van der Waals surface area contributed by atoms with Gasteiger partial charge in [0.2, 0.25) is 22.7 Å². The average Bonchev–Trinajstić information content (AvgIpc) is 3.17. The van der Waals surface area contributed by atoms with Crippen LogP contribution >= 0.6 is 11.8 Å². The summed E-state index contributed by atoms with van der Waals surface area (Å²) < 4.78 is 38.3. The molecular formula is C19H22N2O5S2. The lowest BCUT2D eigenvalue weighted by Gasteiger charge is -2.18. The fourth-order valence-corrected chi connectivity index (χ4v) is 4.42. The lowest BCUT2D eigenvalue weighted by Crippen LogP contribution is -2.46. The van der Waals surface area contributed by atoms with E-state index >= 15 is 0 Å². The number of nitrogens with one attached hydrogen (secondary N) is 2. The number of amides is 1. The van der Waals surface area contributed by atoms with Gasteiger partial charge in [0, 0.05) is 6.54 Å². The highest BCUT2D eigenvalue weighted by molar-refractivity contribution is 7.98. The van der Waals surface area contributed by atoms with Gasteiger partial charge in [-0.15, -0.1) is 0 Å². The van der Waals surface area contributed by atoms with E-state index in [0.717, 1.165) is 5.56 Å². The third-order valence-electron chi connectivity index (χ3n) is 4.18. The largest absolute Gasteiger partial charge is 0.454 e. The Kier molecular flexibility index (Phi) is 6.82. The van der Waals surface area contributed by atoms with Gasteiger partial charge in [0.05, 0.1) is 4.90 Å². The molecule has 1 amide bonds. The Hall–Kier alpha value is -2.23. The van der Waals surface area contributed by atoms with E-state index < -0.39 is 16.1 Å². The van der Waals surface area contributed by atoms with Gasteiger partial charge < -0.3 is 14.8 Å². The minimum Gasteiger partial charge on any atom is -0.454 e. The van der Waals surface area contributed by atoms with Crippen LogP contribution in [0.1, 0.15) is 12.0 Å². The molecular weight excluding hydrogens is 400 g/mol. The monoisotopic (exact) mass is 422 g/mol. The zero-order chi connectivity index (χ0) is 20.0. The molecule has 150 valence electrons. The van der Waals surface area contributed by atoms with E-state index in [4.69, 9.17) is 9.47 Å². The maximum atomic E-state index is 12.7. The summed E-state index contributed by atoms with van der Waals surface area (Å²) in [5.41, 5.74) is 0.840. The van der Waals surface area contributed by atoms with Crippen LogP contribution in [0.2, 0.25) is 0 Å². The molecule has 0 bridgehead atoms. The molecule has 7 nitrogen and oxygen atoms in total. The number of carbonyl (C=O) groups excluding carboxylic acids is 1. The molecule has 0 aliphatic carbocycles. The van der Waals surface area contributed by atoms with E-state index in [2.05, 4.69) is 10.0 Å². The minimum absolute atomic E-state index is 0.132. The summed E-state index contributed by atoms with van der Waals surface area (Å²) in [4.78, 5) is 12.8. The number of ether oxygens (including phenoxy) is 2. The quantitative estimate of drug-likeness (QED) is 0.643. The highest BCUT2D eigenvalue weighted by atomic mass is 32.2. The number of fused-ring (bicyclic) bond motifs is 1. The molecule has 0 fully saturated rings. The summed E-state index contributed by atoms with van der Waals surface area (Å²) in [6.45, 7) is 0.446. The fraction of sp³-hybridized carbons (Fsp3) is 0.316. The van der Waals surface area contributed by atoms with Gasteiger partial charge in [-0.25, -0.2) is 8.42 Å². The molecule has 28 heavy (non-hydrogen) atoms. The summed E-state index contributed by atoms with van der Waals surface area (Å²) in [6, 6.07) is 12.6. The highest BCUT2D eigenvalue weighted by Crippen LogP contribution is 2.32. The highest BCUT2D eigenvalue weighted by Gasteiger charge is 2.25. The summed E-state index contributed by atoms with van der Waals surface area (Å²) in [5.74, 6) is 1.59. The van der Waals surface area contributed by atoms with Gasteiger partial charge in [-0.3, -0.25) is 4.79 Å². The molecule has 0 saturated carbocycles. The predicted octanol–water partition coefficient (Wildman–Crippen LogP) is 2.13. The molecule has 0 spiro atoms. The molecule has 0 unspecified atom stereocenters. The second-order valence-corrected chi connectivity index (χ2v) is 8.87. The van der Waals surface area contributed by atoms with Crippen LogP contribution in [-0.2, 0) is 21.4 Å². The second kappa shape index (κ2) is 9.31.